The average Bonchev–Trinajstić information content (AvgIpc) is 2.73. The molecule has 0 spiro atoms. The minimum atomic E-state index is 0.643. The molecule has 1 N–H and O–H groups in total. The molecule has 4 nitrogen and oxygen atoms in total. The molecule has 0 radical (unpaired) electrons. The monoisotopic (exact) mass is 279 g/mol. The lowest BCUT2D eigenvalue weighted by Crippen LogP contribution is -2.03. The number of nitrogens with zero attached hydrogens (tertiary/aromatic N) is 2. The van der Waals surface area contributed by atoms with Gasteiger partial charge in [0.1, 0.15) is 5.75 Å². The average molecular weight is 280 g/mol. The van der Waals surface area contributed by atoms with Gasteiger partial charge in [0.25, 0.3) is 0 Å². The third-order valence-corrected chi connectivity index (χ3v) is 3.11. The molecule has 2 rings (SSSR count). The molecule has 0 unspecified atom stereocenters. The minimum absolute atomic E-state index is 0.643. The van der Waals surface area contributed by atoms with Crippen LogP contribution in [-0.2, 0) is 6.54 Å². The van der Waals surface area contributed by atoms with Gasteiger partial charge in [-0.1, -0.05) is 18.5 Å². The maximum absolute atomic E-state index is 6.18. The molecule has 2 aromatic rings. The van der Waals surface area contributed by atoms with Gasteiger partial charge in [-0.05, 0) is 25.5 Å². The van der Waals surface area contributed by atoms with E-state index in [1.54, 1.807) is 7.11 Å². The highest BCUT2D eigenvalue weighted by Crippen LogP contribution is 2.29. The van der Waals surface area contributed by atoms with E-state index in [0.717, 1.165) is 36.0 Å². The second-order valence-corrected chi connectivity index (χ2v) is 4.78. The fourth-order valence-electron chi connectivity index (χ4n) is 1.91. The topological polar surface area (TPSA) is 39.1 Å². The Balaban J connectivity index is 2.30. The van der Waals surface area contributed by atoms with Crippen LogP contribution < -0.4 is 10.1 Å². The Morgan fingerprint density at radius 1 is 1.42 bits per heavy atom. The highest BCUT2D eigenvalue weighted by Gasteiger charge is 2.08. The Labute approximate surface area is 118 Å². The molecular weight excluding hydrogens is 262 g/mol. The van der Waals surface area contributed by atoms with E-state index >= 15 is 0 Å². The molecule has 0 saturated carbocycles. The van der Waals surface area contributed by atoms with Gasteiger partial charge in [-0.2, -0.15) is 0 Å². The third-order valence-electron chi connectivity index (χ3n) is 2.78. The van der Waals surface area contributed by atoms with Crippen LogP contribution in [0.15, 0.2) is 24.4 Å². The number of methoxy groups -OCH3 is 1. The number of halogens is 1. The number of ether oxygens (including phenoxy) is 1. The molecule has 0 aliphatic rings. The molecule has 0 saturated heterocycles. The van der Waals surface area contributed by atoms with E-state index in [1.165, 1.54) is 0 Å². The van der Waals surface area contributed by atoms with Gasteiger partial charge < -0.3 is 14.6 Å². The Morgan fingerprint density at radius 3 is 2.89 bits per heavy atom. The van der Waals surface area contributed by atoms with Crippen molar-refractivity contribution >= 4 is 23.2 Å². The highest BCUT2D eigenvalue weighted by atomic mass is 35.5. The predicted octanol–water partition coefficient (Wildman–Crippen LogP) is 4.01. The second-order valence-electron chi connectivity index (χ2n) is 4.37. The van der Waals surface area contributed by atoms with E-state index in [9.17, 15) is 0 Å². The van der Waals surface area contributed by atoms with Gasteiger partial charge in [-0.25, -0.2) is 4.98 Å². The number of imidazole rings is 1. The van der Waals surface area contributed by atoms with Gasteiger partial charge in [-0.3, -0.25) is 0 Å². The van der Waals surface area contributed by atoms with E-state index < -0.39 is 0 Å². The van der Waals surface area contributed by atoms with Gasteiger partial charge in [0.05, 0.1) is 23.5 Å². The van der Waals surface area contributed by atoms with Gasteiger partial charge in [-0.15, -0.1) is 0 Å². The molecular formula is C14H18ClN3O. The molecule has 1 aromatic heterocycles. The quantitative estimate of drug-likeness (QED) is 0.899. The number of aromatic nitrogens is 2. The maximum atomic E-state index is 6.18. The first-order valence-corrected chi connectivity index (χ1v) is 6.66. The van der Waals surface area contributed by atoms with Crippen LogP contribution in [0.4, 0.5) is 11.6 Å². The van der Waals surface area contributed by atoms with E-state index in [2.05, 4.69) is 21.8 Å². The summed E-state index contributed by atoms with van der Waals surface area (Å²) in [5.41, 5.74) is 1.78. The van der Waals surface area contributed by atoms with E-state index in [0.29, 0.717) is 5.02 Å². The third kappa shape index (κ3) is 3.20. The highest BCUT2D eigenvalue weighted by molar-refractivity contribution is 6.33. The standard InChI is InChI=1S/C14H18ClN3O/c1-4-7-18-9-10(2)16-14(18)17-13-8-11(19-3)5-6-12(13)15/h5-6,8-9H,4,7H2,1-3H3,(H,16,17). The number of hydrogen-bond donors (Lipinski definition) is 1. The van der Waals surface area contributed by atoms with Crippen molar-refractivity contribution in [2.45, 2.75) is 26.8 Å². The molecule has 0 amide bonds. The summed E-state index contributed by atoms with van der Waals surface area (Å²) < 4.78 is 7.29. The van der Waals surface area contributed by atoms with Crippen molar-refractivity contribution in [3.05, 3.63) is 35.1 Å². The molecule has 0 aliphatic carbocycles. The summed E-state index contributed by atoms with van der Waals surface area (Å²) in [6.45, 7) is 5.03. The predicted molar refractivity (Wildman–Crippen MR) is 78.5 cm³/mol. The summed E-state index contributed by atoms with van der Waals surface area (Å²) >= 11 is 6.18. The van der Waals surface area contributed by atoms with Gasteiger partial charge in [0.15, 0.2) is 0 Å². The van der Waals surface area contributed by atoms with E-state index in [1.807, 2.05) is 31.3 Å². The molecule has 0 fully saturated rings. The van der Waals surface area contributed by atoms with Gasteiger partial charge in [0, 0.05) is 18.8 Å². The van der Waals surface area contributed by atoms with E-state index in [-0.39, 0.29) is 0 Å². The first-order chi connectivity index (χ1) is 9.13. The van der Waals surface area contributed by atoms with Crippen LogP contribution in [0.25, 0.3) is 0 Å². The Morgan fingerprint density at radius 2 is 2.21 bits per heavy atom. The summed E-state index contributed by atoms with van der Waals surface area (Å²) in [6, 6.07) is 5.50. The zero-order valence-corrected chi connectivity index (χ0v) is 12.2. The number of hydrogen-bond acceptors (Lipinski definition) is 3. The van der Waals surface area contributed by atoms with Crippen molar-refractivity contribution in [1.29, 1.82) is 0 Å². The van der Waals surface area contributed by atoms with Crippen LogP contribution in [0.1, 0.15) is 19.0 Å². The van der Waals surface area contributed by atoms with Gasteiger partial charge >= 0.3 is 0 Å². The number of benzene rings is 1. The molecule has 0 atom stereocenters. The number of nitrogens with one attached hydrogen (secondary N) is 1. The summed E-state index contributed by atoms with van der Waals surface area (Å²) in [7, 11) is 1.63. The summed E-state index contributed by atoms with van der Waals surface area (Å²) in [5, 5.41) is 3.90. The van der Waals surface area contributed by atoms with Crippen molar-refractivity contribution in [3.8, 4) is 5.75 Å². The van der Waals surface area contributed by atoms with Crippen molar-refractivity contribution in [3.63, 3.8) is 0 Å². The maximum Gasteiger partial charge on any atom is 0.207 e. The Hall–Kier alpha value is -1.68. The second kappa shape index (κ2) is 5.97. The van der Waals surface area contributed by atoms with Crippen molar-refractivity contribution in [1.82, 2.24) is 9.55 Å². The SMILES string of the molecule is CCCn1cc(C)nc1Nc1cc(OC)ccc1Cl. The molecule has 5 heteroatoms. The first kappa shape index (κ1) is 13.7. The zero-order chi connectivity index (χ0) is 13.8. The number of aryl methyl sites for hydroxylation is 2. The van der Waals surface area contributed by atoms with E-state index in [4.69, 9.17) is 16.3 Å². The summed E-state index contributed by atoms with van der Waals surface area (Å²) in [6.07, 6.45) is 3.08. The summed E-state index contributed by atoms with van der Waals surface area (Å²) in [5.74, 6) is 1.56. The molecule has 1 heterocycles. The number of anilines is 2. The largest absolute Gasteiger partial charge is 0.497 e. The summed E-state index contributed by atoms with van der Waals surface area (Å²) in [4.78, 5) is 4.47. The van der Waals surface area contributed by atoms with Crippen LogP contribution in [0.2, 0.25) is 5.02 Å². The number of rotatable bonds is 5. The van der Waals surface area contributed by atoms with Crippen molar-refractivity contribution < 1.29 is 4.74 Å². The Kier molecular flexibility index (Phi) is 4.32. The fourth-order valence-corrected chi connectivity index (χ4v) is 2.07. The molecule has 0 bridgehead atoms. The lowest BCUT2D eigenvalue weighted by molar-refractivity contribution is 0.415. The van der Waals surface area contributed by atoms with Crippen LogP contribution >= 0.6 is 11.6 Å². The zero-order valence-electron chi connectivity index (χ0n) is 11.4. The smallest absolute Gasteiger partial charge is 0.207 e. The lowest BCUT2D eigenvalue weighted by atomic mass is 10.3. The lowest BCUT2D eigenvalue weighted by Gasteiger charge is -2.11. The van der Waals surface area contributed by atoms with Gasteiger partial charge in [0.2, 0.25) is 5.95 Å². The Bertz CT molecular complexity index is 566. The minimum Gasteiger partial charge on any atom is -0.497 e. The van der Waals surface area contributed by atoms with Crippen LogP contribution in [0.5, 0.6) is 5.75 Å². The fraction of sp³-hybridized carbons (Fsp3) is 0.357. The van der Waals surface area contributed by atoms with Crippen molar-refractivity contribution in [2.24, 2.45) is 0 Å². The normalized spacial score (nSPS) is 10.5. The first-order valence-electron chi connectivity index (χ1n) is 6.28. The van der Waals surface area contributed by atoms with Crippen LogP contribution in [0, 0.1) is 6.92 Å². The van der Waals surface area contributed by atoms with Crippen LogP contribution in [0.3, 0.4) is 0 Å². The molecule has 0 aliphatic heterocycles. The van der Waals surface area contributed by atoms with Crippen molar-refractivity contribution in [2.75, 3.05) is 12.4 Å². The molecule has 1 aromatic carbocycles. The van der Waals surface area contributed by atoms with Crippen LogP contribution in [-0.4, -0.2) is 16.7 Å². The molecule has 19 heavy (non-hydrogen) atoms. The molecule has 102 valence electrons.